The Morgan fingerprint density at radius 2 is 2.15 bits per heavy atom. The van der Waals surface area contributed by atoms with Crippen molar-refractivity contribution in [2.45, 2.75) is 56.6 Å². The van der Waals surface area contributed by atoms with E-state index in [9.17, 15) is 15.0 Å². The number of aromatic nitrogens is 3. The highest BCUT2D eigenvalue weighted by atomic mass is 16.3. The van der Waals surface area contributed by atoms with Crippen molar-refractivity contribution in [1.29, 1.82) is 0 Å². The molecule has 4 atom stereocenters. The van der Waals surface area contributed by atoms with E-state index in [4.69, 9.17) is 0 Å². The van der Waals surface area contributed by atoms with Crippen LogP contribution in [-0.2, 0) is 0 Å². The van der Waals surface area contributed by atoms with Gasteiger partial charge in [-0.2, -0.15) is 0 Å². The van der Waals surface area contributed by atoms with Crippen molar-refractivity contribution < 1.29 is 15.0 Å². The molecule has 4 N–H and O–H groups in total. The van der Waals surface area contributed by atoms with Gasteiger partial charge < -0.3 is 20.5 Å². The van der Waals surface area contributed by atoms with Gasteiger partial charge in [-0.15, -0.1) is 10.2 Å². The van der Waals surface area contributed by atoms with Gasteiger partial charge in [0.25, 0.3) is 0 Å². The van der Waals surface area contributed by atoms with Crippen molar-refractivity contribution >= 4 is 22.5 Å². The van der Waals surface area contributed by atoms with E-state index in [1.807, 2.05) is 6.07 Å². The van der Waals surface area contributed by atoms with Crippen molar-refractivity contribution in [3.05, 3.63) is 18.0 Å². The number of hydrogen-bond donors (Lipinski definition) is 4. The van der Waals surface area contributed by atoms with Crippen molar-refractivity contribution in [3.63, 3.8) is 0 Å². The molecule has 0 amide bonds. The van der Waals surface area contributed by atoms with Gasteiger partial charge in [0, 0.05) is 17.1 Å². The molecule has 4 saturated carbocycles. The Bertz CT molecular complexity index is 889. The fraction of sp³-hybridized carbons (Fsp3) is 0.632. The molecular weight excluding hydrogens is 332 g/mol. The van der Waals surface area contributed by atoms with Crippen molar-refractivity contribution in [2.75, 3.05) is 11.9 Å². The van der Waals surface area contributed by atoms with Crippen LogP contribution in [0.25, 0.3) is 11.0 Å². The summed E-state index contributed by atoms with van der Waals surface area (Å²) in [6, 6.07) is 1.87. The third-order valence-corrected chi connectivity index (χ3v) is 6.60. The van der Waals surface area contributed by atoms with Crippen LogP contribution in [0, 0.1) is 11.3 Å². The van der Waals surface area contributed by atoms with Crippen LogP contribution in [0.1, 0.15) is 55.9 Å². The average molecular weight is 356 g/mol. The number of rotatable bonds is 4. The predicted molar refractivity (Wildman–Crippen MR) is 95.9 cm³/mol. The first kappa shape index (κ1) is 16.2. The predicted octanol–water partition coefficient (Wildman–Crippen LogP) is 2.02. The zero-order valence-electron chi connectivity index (χ0n) is 14.9. The van der Waals surface area contributed by atoms with Gasteiger partial charge in [-0.1, -0.05) is 6.92 Å². The molecule has 0 radical (unpaired) electrons. The van der Waals surface area contributed by atoms with Crippen molar-refractivity contribution in [2.24, 2.45) is 11.3 Å². The lowest BCUT2D eigenvalue weighted by atomic mass is 9.46. The number of Topliss-reactive ketones (excluding diaryl/α,β-unsaturated/α-hetero) is 1. The summed E-state index contributed by atoms with van der Waals surface area (Å²) in [7, 11) is 0. The van der Waals surface area contributed by atoms with Crippen LogP contribution in [0.2, 0.25) is 0 Å². The summed E-state index contributed by atoms with van der Waals surface area (Å²) in [5.41, 5.74) is 0.661. The van der Waals surface area contributed by atoms with E-state index in [-0.39, 0.29) is 16.6 Å². The van der Waals surface area contributed by atoms with Gasteiger partial charge >= 0.3 is 0 Å². The molecule has 4 aliphatic carbocycles. The second-order valence-corrected chi connectivity index (χ2v) is 9.19. The first-order chi connectivity index (χ1) is 12.3. The molecule has 0 aromatic carbocycles. The van der Waals surface area contributed by atoms with Gasteiger partial charge in [-0.3, -0.25) is 4.79 Å². The summed E-state index contributed by atoms with van der Waals surface area (Å²) in [6.07, 6.45) is 7.32. The molecule has 7 heteroatoms. The molecule has 7 nitrogen and oxygen atoms in total. The Labute approximate surface area is 151 Å². The number of carbonyl (C=O) groups is 1. The minimum atomic E-state index is -0.625. The standard InChI is InChI=1S/C19H24N4O3/c1-17-4-11-5-18(8-17,10-19(26,6-11)9-17)21-14-12-2-3-20-16(12)23-22-15(14)13(25)7-24/h2-3,11,24,26H,4-10H2,1H3,(H2,20,21,23)/t11-,17+,18+,19?/m1/s1. The van der Waals surface area contributed by atoms with Crippen LogP contribution in [0.5, 0.6) is 0 Å². The van der Waals surface area contributed by atoms with E-state index in [0.717, 1.165) is 37.5 Å². The number of H-pyrrole nitrogens is 1. The van der Waals surface area contributed by atoms with Gasteiger partial charge in [0.05, 0.1) is 11.3 Å². The highest BCUT2D eigenvalue weighted by molar-refractivity contribution is 6.06. The maximum atomic E-state index is 12.3. The number of hydrogen-bond acceptors (Lipinski definition) is 6. The van der Waals surface area contributed by atoms with Crippen LogP contribution in [0.3, 0.4) is 0 Å². The normalized spacial score (nSPS) is 38.0. The Morgan fingerprint density at radius 1 is 1.31 bits per heavy atom. The Hall–Kier alpha value is -1.99. The smallest absolute Gasteiger partial charge is 0.210 e. The SMILES string of the molecule is C[C@@]12C[C@H]3CC(O)(C1)C[C@](Nc1c(C(=O)CO)nnc4[nH]ccc14)(C3)C2. The molecule has 4 fully saturated rings. The van der Waals surface area contributed by atoms with Gasteiger partial charge in [0.15, 0.2) is 11.3 Å². The van der Waals surface area contributed by atoms with Gasteiger partial charge in [-0.05, 0) is 55.9 Å². The maximum absolute atomic E-state index is 12.3. The summed E-state index contributed by atoms with van der Waals surface area (Å²) in [5, 5.41) is 33.0. The van der Waals surface area contributed by atoms with E-state index in [1.54, 1.807) is 6.20 Å². The van der Waals surface area contributed by atoms with Crippen LogP contribution < -0.4 is 5.32 Å². The Kier molecular flexibility index (Phi) is 3.14. The van der Waals surface area contributed by atoms with Crippen molar-refractivity contribution in [1.82, 2.24) is 15.2 Å². The monoisotopic (exact) mass is 356 g/mol. The molecule has 138 valence electrons. The second kappa shape index (κ2) is 5.04. The third kappa shape index (κ3) is 2.30. The largest absolute Gasteiger partial charge is 0.390 e. The van der Waals surface area contributed by atoms with E-state index >= 15 is 0 Å². The highest BCUT2D eigenvalue weighted by Crippen LogP contribution is 2.63. The molecule has 1 unspecified atom stereocenters. The van der Waals surface area contributed by atoms with Gasteiger partial charge in [0.1, 0.15) is 6.61 Å². The van der Waals surface area contributed by atoms with E-state index in [1.165, 1.54) is 0 Å². The fourth-order valence-electron chi connectivity index (χ4n) is 6.59. The van der Waals surface area contributed by atoms with Gasteiger partial charge in [0.2, 0.25) is 5.78 Å². The molecule has 0 saturated heterocycles. The van der Waals surface area contributed by atoms with Gasteiger partial charge in [-0.25, -0.2) is 0 Å². The minimum Gasteiger partial charge on any atom is -0.390 e. The summed E-state index contributed by atoms with van der Waals surface area (Å²) >= 11 is 0. The Balaban J connectivity index is 1.61. The molecule has 4 bridgehead atoms. The number of aromatic amines is 1. The molecular formula is C19H24N4O3. The summed E-state index contributed by atoms with van der Waals surface area (Å²) in [6.45, 7) is 1.67. The van der Waals surface area contributed by atoms with Crippen molar-refractivity contribution in [3.8, 4) is 0 Å². The van der Waals surface area contributed by atoms with E-state index in [0.29, 0.717) is 23.7 Å². The van der Waals surface area contributed by atoms with Crippen LogP contribution >= 0.6 is 0 Å². The zero-order chi connectivity index (χ0) is 18.2. The lowest BCUT2D eigenvalue weighted by molar-refractivity contribution is -0.160. The molecule has 26 heavy (non-hydrogen) atoms. The summed E-state index contributed by atoms with van der Waals surface area (Å²) < 4.78 is 0. The molecule has 0 aliphatic heterocycles. The first-order valence-electron chi connectivity index (χ1n) is 9.31. The number of nitrogens with one attached hydrogen (secondary N) is 2. The zero-order valence-corrected chi connectivity index (χ0v) is 14.9. The highest BCUT2D eigenvalue weighted by Gasteiger charge is 2.61. The van der Waals surface area contributed by atoms with E-state index < -0.39 is 18.0 Å². The molecule has 2 heterocycles. The second-order valence-electron chi connectivity index (χ2n) is 9.19. The summed E-state index contributed by atoms with van der Waals surface area (Å²) in [5.74, 6) is 0.0556. The Morgan fingerprint density at radius 3 is 2.88 bits per heavy atom. The van der Waals surface area contributed by atoms with Crippen LogP contribution in [0.15, 0.2) is 12.3 Å². The molecule has 2 aromatic heterocycles. The number of aliphatic hydroxyl groups excluding tert-OH is 1. The average Bonchev–Trinajstić information content (AvgIpc) is 2.99. The first-order valence-corrected chi connectivity index (χ1v) is 9.31. The lowest BCUT2D eigenvalue weighted by Gasteiger charge is -2.64. The molecule has 0 spiro atoms. The van der Waals surface area contributed by atoms with Crippen LogP contribution in [-0.4, -0.2) is 48.9 Å². The molecule has 4 aliphatic rings. The number of anilines is 1. The molecule has 2 aromatic rings. The van der Waals surface area contributed by atoms with Crippen LogP contribution in [0.4, 0.5) is 5.69 Å². The minimum absolute atomic E-state index is 0.125. The lowest BCUT2D eigenvalue weighted by Crippen LogP contribution is -2.65. The third-order valence-electron chi connectivity index (χ3n) is 6.60. The fourth-order valence-corrected chi connectivity index (χ4v) is 6.59. The number of aliphatic hydroxyl groups is 2. The maximum Gasteiger partial charge on any atom is 0.210 e. The number of fused-ring (bicyclic) bond motifs is 1. The number of nitrogens with zero attached hydrogens (tertiary/aromatic N) is 2. The molecule has 6 rings (SSSR count). The van der Waals surface area contributed by atoms with E-state index in [2.05, 4.69) is 27.4 Å². The number of carbonyl (C=O) groups excluding carboxylic acids is 1. The topological polar surface area (TPSA) is 111 Å². The summed E-state index contributed by atoms with van der Waals surface area (Å²) in [4.78, 5) is 15.3. The quantitative estimate of drug-likeness (QED) is 0.624. The number of ketones is 1.